The summed E-state index contributed by atoms with van der Waals surface area (Å²) >= 11 is 7.71. The third-order valence-electron chi connectivity index (χ3n) is 3.16. The van der Waals surface area contributed by atoms with Crippen molar-refractivity contribution in [2.45, 2.75) is 18.9 Å². The van der Waals surface area contributed by atoms with E-state index in [0.717, 1.165) is 28.4 Å². The Morgan fingerprint density at radius 1 is 1.10 bits per heavy atom. The van der Waals surface area contributed by atoms with E-state index >= 15 is 0 Å². The standard InChI is InChI=1S/C16H15ClN2S/c17-12-5-3-4-11(8-12)9-13(18)10-16-19-14-6-1-2-7-15(14)20-16/h1-8,13H,9-10,18H2. The zero-order valence-electron chi connectivity index (χ0n) is 10.9. The van der Waals surface area contributed by atoms with Crippen molar-refractivity contribution >= 4 is 33.2 Å². The summed E-state index contributed by atoms with van der Waals surface area (Å²) in [6.07, 6.45) is 1.61. The van der Waals surface area contributed by atoms with Crippen LogP contribution in [0.25, 0.3) is 10.2 Å². The smallest absolute Gasteiger partial charge is 0.0954 e. The Hall–Kier alpha value is -1.42. The van der Waals surface area contributed by atoms with Gasteiger partial charge in [0.05, 0.1) is 15.2 Å². The van der Waals surface area contributed by atoms with Crippen molar-refractivity contribution in [2.75, 3.05) is 0 Å². The molecular formula is C16H15ClN2S. The molecule has 0 amide bonds. The molecule has 3 rings (SSSR count). The Bertz CT molecular complexity index is 690. The van der Waals surface area contributed by atoms with Gasteiger partial charge in [0.2, 0.25) is 0 Å². The van der Waals surface area contributed by atoms with Crippen LogP contribution < -0.4 is 5.73 Å². The van der Waals surface area contributed by atoms with E-state index in [0.29, 0.717) is 0 Å². The van der Waals surface area contributed by atoms with Crippen molar-refractivity contribution in [1.82, 2.24) is 4.98 Å². The number of thiazole rings is 1. The number of nitrogens with zero attached hydrogens (tertiary/aromatic N) is 1. The minimum atomic E-state index is 0.0639. The van der Waals surface area contributed by atoms with Crippen LogP contribution in [0.2, 0.25) is 5.02 Å². The van der Waals surface area contributed by atoms with Crippen LogP contribution in [-0.4, -0.2) is 11.0 Å². The monoisotopic (exact) mass is 302 g/mol. The maximum atomic E-state index is 6.23. The van der Waals surface area contributed by atoms with Gasteiger partial charge < -0.3 is 5.73 Å². The van der Waals surface area contributed by atoms with Gasteiger partial charge in [0, 0.05) is 17.5 Å². The highest BCUT2D eigenvalue weighted by Crippen LogP contribution is 2.23. The summed E-state index contributed by atoms with van der Waals surface area (Å²) in [5.41, 5.74) is 8.46. The number of aromatic nitrogens is 1. The number of para-hydroxylation sites is 1. The number of rotatable bonds is 4. The lowest BCUT2D eigenvalue weighted by Crippen LogP contribution is -2.25. The highest BCUT2D eigenvalue weighted by Gasteiger charge is 2.10. The predicted molar refractivity (Wildman–Crippen MR) is 86.5 cm³/mol. The van der Waals surface area contributed by atoms with E-state index in [2.05, 4.69) is 17.1 Å². The lowest BCUT2D eigenvalue weighted by molar-refractivity contribution is 0.663. The first kappa shape index (κ1) is 13.6. The Kier molecular flexibility index (Phi) is 4.01. The van der Waals surface area contributed by atoms with Gasteiger partial charge in [0.1, 0.15) is 0 Å². The molecule has 0 saturated heterocycles. The SMILES string of the molecule is NC(Cc1cccc(Cl)c1)Cc1nc2ccccc2s1. The Morgan fingerprint density at radius 2 is 1.95 bits per heavy atom. The van der Waals surface area contributed by atoms with Crippen LogP contribution in [0.15, 0.2) is 48.5 Å². The summed E-state index contributed by atoms with van der Waals surface area (Å²) in [5.74, 6) is 0. The van der Waals surface area contributed by atoms with Crippen molar-refractivity contribution in [1.29, 1.82) is 0 Å². The molecule has 0 fully saturated rings. The van der Waals surface area contributed by atoms with E-state index in [1.165, 1.54) is 10.3 Å². The first-order chi connectivity index (χ1) is 9.70. The molecule has 0 saturated carbocycles. The second-order valence-corrected chi connectivity index (χ2v) is 6.43. The van der Waals surface area contributed by atoms with Crippen LogP contribution in [0, 0.1) is 0 Å². The molecule has 102 valence electrons. The summed E-state index contributed by atoms with van der Waals surface area (Å²) in [6, 6.07) is 16.1. The molecule has 0 aliphatic carbocycles. The topological polar surface area (TPSA) is 38.9 Å². The van der Waals surface area contributed by atoms with E-state index < -0.39 is 0 Å². The largest absolute Gasteiger partial charge is 0.327 e. The molecule has 2 nitrogen and oxygen atoms in total. The van der Waals surface area contributed by atoms with E-state index in [1.807, 2.05) is 36.4 Å². The number of hydrogen-bond donors (Lipinski definition) is 1. The van der Waals surface area contributed by atoms with Crippen molar-refractivity contribution in [3.8, 4) is 0 Å². The number of halogens is 1. The maximum absolute atomic E-state index is 6.23. The van der Waals surface area contributed by atoms with Crippen molar-refractivity contribution < 1.29 is 0 Å². The van der Waals surface area contributed by atoms with Gasteiger partial charge in [0.15, 0.2) is 0 Å². The molecule has 2 N–H and O–H groups in total. The fourth-order valence-corrected chi connectivity index (χ4v) is 3.54. The van der Waals surface area contributed by atoms with Crippen LogP contribution in [0.4, 0.5) is 0 Å². The molecule has 0 radical (unpaired) electrons. The average molecular weight is 303 g/mol. The van der Waals surface area contributed by atoms with Crippen LogP contribution in [0.3, 0.4) is 0 Å². The van der Waals surface area contributed by atoms with E-state index in [-0.39, 0.29) is 6.04 Å². The molecule has 4 heteroatoms. The van der Waals surface area contributed by atoms with Crippen LogP contribution in [0.1, 0.15) is 10.6 Å². The summed E-state index contributed by atoms with van der Waals surface area (Å²) < 4.78 is 1.22. The molecule has 1 aromatic heterocycles. The van der Waals surface area contributed by atoms with Crippen molar-refractivity contribution in [3.63, 3.8) is 0 Å². The van der Waals surface area contributed by atoms with Gasteiger partial charge in [0.25, 0.3) is 0 Å². The Balaban J connectivity index is 1.70. The summed E-state index contributed by atoms with van der Waals surface area (Å²) in [5, 5.41) is 1.86. The summed E-state index contributed by atoms with van der Waals surface area (Å²) in [7, 11) is 0. The fraction of sp³-hybridized carbons (Fsp3) is 0.188. The average Bonchev–Trinajstić information content (AvgIpc) is 2.80. The van der Waals surface area contributed by atoms with Gasteiger partial charge in [-0.05, 0) is 36.2 Å². The maximum Gasteiger partial charge on any atom is 0.0954 e. The number of nitrogens with two attached hydrogens (primary N) is 1. The summed E-state index contributed by atoms with van der Waals surface area (Å²) in [6.45, 7) is 0. The minimum Gasteiger partial charge on any atom is -0.327 e. The second kappa shape index (κ2) is 5.92. The molecule has 0 aliphatic rings. The minimum absolute atomic E-state index is 0.0639. The lowest BCUT2D eigenvalue weighted by Gasteiger charge is -2.09. The predicted octanol–water partition coefficient (Wildman–Crippen LogP) is 4.06. The van der Waals surface area contributed by atoms with Gasteiger partial charge in [-0.1, -0.05) is 35.9 Å². The third kappa shape index (κ3) is 3.18. The van der Waals surface area contributed by atoms with Crippen LogP contribution >= 0.6 is 22.9 Å². The molecule has 2 aromatic carbocycles. The number of benzene rings is 2. The molecular weight excluding hydrogens is 288 g/mol. The quantitative estimate of drug-likeness (QED) is 0.789. The lowest BCUT2D eigenvalue weighted by atomic mass is 10.0. The Morgan fingerprint density at radius 3 is 2.75 bits per heavy atom. The first-order valence-electron chi connectivity index (χ1n) is 6.55. The van der Waals surface area contributed by atoms with Gasteiger partial charge in [-0.25, -0.2) is 4.98 Å². The van der Waals surface area contributed by atoms with Crippen LogP contribution in [0.5, 0.6) is 0 Å². The van der Waals surface area contributed by atoms with Crippen molar-refractivity contribution in [2.24, 2.45) is 5.73 Å². The fourth-order valence-electron chi connectivity index (χ4n) is 2.27. The van der Waals surface area contributed by atoms with Crippen molar-refractivity contribution in [3.05, 3.63) is 64.1 Å². The first-order valence-corrected chi connectivity index (χ1v) is 7.74. The number of fused-ring (bicyclic) bond motifs is 1. The Labute approximate surface area is 127 Å². The normalized spacial score (nSPS) is 12.7. The molecule has 0 aliphatic heterocycles. The molecule has 0 spiro atoms. The summed E-state index contributed by atoms with van der Waals surface area (Å²) in [4.78, 5) is 4.62. The highest BCUT2D eigenvalue weighted by atomic mass is 35.5. The van der Waals surface area contributed by atoms with Gasteiger partial charge in [-0.3, -0.25) is 0 Å². The van der Waals surface area contributed by atoms with E-state index in [4.69, 9.17) is 17.3 Å². The zero-order chi connectivity index (χ0) is 13.9. The molecule has 3 aromatic rings. The zero-order valence-corrected chi connectivity index (χ0v) is 12.5. The van der Waals surface area contributed by atoms with E-state index in [9.17, 15) is 0 Å². The third-order valence-corrected chi connectivity index (χ3v) is 4.46. The molecule has 1 atom stereocenters. The van der Waals surface area contributed by atoms with Crippen LogP contribution in [-0.2, 0) is 12.8 Å². The van der Waals surface area contributed by atoms with Gasteiger partial charge >= 0.3 is 0 Å². The number of hydrogen-bond acceptors (Lipinski definition) is 3. The van der Waals surface area contributed by atoms with Gasteiger partial charge in [-0.2, -0.15) is 0 Å². The van der Waals surface area contributed by atoms with E-state index in [1.54, 1.807) is 11.3 Å². The van der Waals surface area contributed by atoms with Gasteiger partial charge in [-0.15, -0.1) is 11.3 Å². The second-order valence-electron chi connectivity index (χ2n) is 4.87. The molecule has 20 heavy (non-hydrogen) atoms. The molecule has 1 heterocycles. The molecule has 1 unspecified atom stereocenters. The highest BCUT2D eigenvalue weighted by molar-refractivity contribution is 7.18. The molecule has 0 bridgehead atoms.